The molecule has 0 fully saturated rings. The number of aryl methyl sites for hydroxylation is 2. The Balaban J connectivity index is 0.000000705. The number of benzene rings is 8. The number of unbranched alkanes of at least 4 members (excludes halogenated alkanes) is 11. The van der Waals surface area contributed by atoms with Crippen molar-refractivity contribution in [1.29, 1.82) is 0 Å². The van der Waals surface area contributed by atoms with Crippen molar-refractivity contribution in [3.8, 4) is 51.7 Å². The van der Waals surface area contributed by atoms with Crippen molar-refractivity contribution in [1.82, 2.24) is 5.32 Å². The van der Waals surface area contributed by atoms with Gasteiger partial charge in [-0.2, -0.15) is 8.42 Å². The summed E-state index contributed by atoms with van der Waals surface area (Å²) in [6.07, 6.45) is 21.3. The van der Waals surface area contributed by atoms with Gasteiger partial charge in [-0.25, -0.2) is 24.0 Å². The SMILES string of the molecule is CC(C)(C)CC(C)(C)c1ccc(O)cc1.CCCCCCCc1ccc(O)cc1.CCCCNC(=O)c1ccc(O)cc1.CCCCOC(=O)c1ccc(O)c(C)c1.CCCCOC(=O)c1ccc(O)cc1C(=O)OCCCC.CCCCOC(=O)c1ccc(O)cc1O.CCCCOC(=O)c1ccccc1O.CCCCOS(=O)(=O)c1ccc(O)cc1. The lowest BCUT2D eigenvalue weighted by Gasteiger charge is -2.33. The lowest BCUT2D eigenvalue weighted by atomic mass is 9.72. The van der Waals surface area contributed by atoms with Gasteiger partial charge in [-0.05, 0) is 232 Å². The fourth-order valence-electron chi connectivity index (χ4n) is 11.0. The Morgan fingerprint density at radius 2 is 0.724 bits per heavy atom. The summed E-state index contributed by atoms with van der Waals surface area (Å²) in [5, 5.41) is 85.7. The standard InChI is InChI=1S/C16H22O5.C14H22O.C13H20O.C12H16O3.C11H15NO2.C11H14O4.C11H14O3.C10H14O4S/c1-3-5-9-20-15(18)13-8-7-12(17)11-14(13)16(19)21-10-6-4-2;1-13(2,3)10-14(4,5)11-6-8-12(15)9-7-11;1-2-3-4-5-6-7-12-8-10-13(14)11-9-12;1-3-4-7-15-12(14)10-5-6-11(13)9(2)8-10;1-2-3-8-12-11(14)9-4-6-10(13)7-5-9;1-2-3-6-15-11(14)9-5-4-8(12)7-10(9)13;1-2-3-8-14-11(13)9-6-4-5-7-10(9)12;1-2-3-8-14-15(12,13)10-6-4-9(11)5-7-10/h7-8,11,17H,3-6,9-10H2,1-2H3;6-9,15H,10H2,1-5H3;8-11,14H,2-7H2,1H3;5-6,8,13H,3-4,7H2,1-2H3;4-7,13H,2-3,8H2,1H3,(H,12,14);4-5,7,12-13H,2-3,6H2,1H3;4-7,12H,2-3,8H2,1H3;4-7,11H,2-3,8H2,1H3. The van der Waals surface area contributed by atoms with Crippen molar-refractivity contribution in [2.24, 2.45) is 5.41 Å². The number of carbonyl (C=O) groups is 6. The van der Waals surface area contributed by atoms with Crippen molar-refractivity contribution in [3.05, 3.63) is 226 Å². The van der Waals surface area contributed by atoms with Gasteiger partial charge in [0.1, 0.15) is 62.9 Å². The largest absolute Gasteiger partial charge is 0.508 e. The maximum absolute atomic E-state index is 12.0. The molecule has 0 radical (unpaired) electrons. The molecule has 0 bridgehead atoms. The number of phenols is 9. The van der Waals surface area contributed by atoms with E-state index in [0.717, 1.165) is 102 Å². The second-order valence-corrected chi connectivity index (χ2v) is 32.3. The van der Waals surface area contributed by atoms with Gasteiger partial charge in [-0.3, -0.25) is 8.98 Å². The number of rotatable bonds is 37. The van der Waals surface area contributed by atoms with Crippen LogP contribution in [0.25, 0.3) is 0 Å². The molecule has 8 aromatic carbocycles. The Labute approximate surface area is 729 Å². The Bertz CT molecular complexity index is 4410. The van der Waals surface area contributed by atoms with Gasteiger partial charge in [0, 0.05) is 18.2 Å². The number of ether oxygens (including phenoxy) is 5. The van der Waals surface area contributed by atoms with Crippen LogP contribution in [0.2, 0.25) is 0 Å². The molecule has 8 aromatic rings. The summed E-state index contributed by atoms with van der Waals surface area (Å²) in [5.74, 6) is -2.02. The minimum Gasteiger partial charge on any atom is -0.508 e. The molecule has 0 atom stereocenters. The lowest BCUT2D eigenvalue weighted by Crippen LogP contribution is -2.24. The minimum atomic E-state index is -3.66. The van der Waals surface area contributed by atoms with Crippen LogP contribution in [0.3, 0.4) is 0 Å². The van der Waals surface area contributed by atoms with E-state index in [1.165, 1.54) is 122 Å². The van der Waals surface area contributed by atoms with E-state index in [4.69, 9.17) is 48.3 Å². The van der Waals surface area contributed by atoms with Crippen molar-refractivity contribution < 1.29 is 111 Å². The lowest BCUT2D eigenvalue weighted by molar-refractivity contribution is 0.0452. The van der Waals surface area contributed by atoms with Crippen molar-refractivity contribution in [2.45, 2.75) is 242 Å². The van der Waals surface area contributed by atoms with E-state index in [2.05, 4.69) is 53.8 Å². The fourth-order valence-corrected chi connectivity index (χ4v) is 11.9. The monoisotopic (exact) mass is 1730 g/mol. The first-order valence-electron chi connectivity index (χ1n) is 42.6. The molecular formula is C98H137NO23S. The number of para-hydroxylation sites is 1. The molecule has 0 aliphatic rings. The zero-order valence-electron chi connectivity index (χ0n) is 74.7. The first-order valence-corrected chi connectivity index (χ1v) is 44.0. The van der Waals surface area contributed by atoms with Gasteiger partial charge in [0.15, 0.2) is 0 Å². The molecule has 8 rings (SSSR count). The van der Waals surface area contributed by atoms with Gasteiger partial charge >= 0.3 is 29.8 Å². The summed E-state index contributed by atoms with van der Waals surface area (Å²) in [6, 6.07) is 45.4. The third kappa shape index (κ3) is 48.8. The highest BCUT2D eigenvalue weighted by atomic mass is 32.2. The molecule has 0 saturated carbocycles. The molecule has 10 N–H and O–H groups in total. The Hall–Kier alpha value is -11.3. The molecule has 1 amide bonds. The maximum Gasteiger partial charge on any atom is 0.341 e. The quantitative estimate of drug-likeness (QED) is 0.00748. The van der Waals surface area contributed by atoms with Crippen LogP contribution in [-0.4, -0.2) is 136 Å². The van der Waals surface area contributed by atoms with Gasteiger partial charge in [-0.15, -0.1) is 0 Å². The van der Waals surface area contributed by atoms with E-state index in [-0.39, 0.29) is 97.9 Å². The molecule has 0 aromatic heterocycles. The van der Waals surface area contributed by atoms with Gasteiger partial charge in [0.25, 0.3) is 16.0 Å². The smallest absolute Gasteiger partial charge is 0.341 e. The number of esters is 5. The summed E-state index contributed by atoms with van der Waals surface area (Å²) >= 11 is 0. The van der Waals surface area contributed by atoms with Crippen LogP contribution in [0.4, 0.5) is 0 Å². The summed E-state index contributed by atoms with van der Waals surface area (Å²) in [7, 11) is -3.66. The van der Waals surface area contributed by atoms with E-state index in [1.807, 2.05) is 65.8 Å². The molecule has 0 aliphatic carbocycles. The maximum atomic E-state index is 12.0. The van der Waals surface area contributed by atoms with Crippen LogP contribution in [0.1, 0.15) is 297 Å². The van der Waals surface area contributed by atoms with Crippen molar-refractivity contribution in [2.75, 3.05) is 46.2 Å². The second-order valence-electron chi connectivity index (χ2n) is 30.7. The molecule has 0 heterocycles. The van der Waals surface area contributed by atoms with E-state index < -0.39 is 34.0 Å². The number of phenolic OH excluding ortho intramolecular Hbond substituents is 9. The second kappa shape index (κ2) is 62.7. The third-order valence-electron chi connectivity index (χ3n) is 17.8. The molecular weight excluding hydrogens is 1590 g/mol. The van der Waals surface area contributed by atoms with Gasteiger partial charge in [-0.1, -0.05) is 197 Å². The summed E-state index contributed by atoms with van der Waals surface area (Å²) in [4.78, 5) is 69.7. The predicted molar refractivity (Wildman–Crippen MR) is 482 cm³/mol. The normalized spacial score (nSPS) is 10.6. The number of hydrogen-bond acceptors (Lipinski definition) is 23. The molecule has 24 nitrogen and oxygen atoms in total. The summed E-state index contributed by atoms with van der Waals surface area (Å²) < 4.78 is 52.9. The van der Waals surface area contributed by atoms with E-state index in [0.29, 0.717) is 73.0 Å². The Morgan fingerprint density at radius 3 is 1.18 bits per heavy atom. The highest BCUT2D eigenvalue weighted by Crippen LogP contribution is 2.37. The summed E-state index contributed by atoms with van der Waals surface area (Å²) in [5.41, 5.74) is 5.30. The van der Waals surface area contributed by atoms with E-state index in [9.17, 15) is 62.7 Å². The number of nitrogens with one attached hydrogen (secondary N) is 1. The molecule has 0 spiro atoms. The zero-order valence-corrected chi connectivity index (χ0v) is 75.5. The minimum absolute atomic E-state index is 0.0301. The molecule has 0 unspecified atom stereocenters. The van der Waals surface area contributed by atoms with Crippen LogP contribution in [0.15, 0.2) is 181 Å². The Kier molecular flexibility index (Phi) is 56.0. The van der Waals surface area contributed by atoms with Crippen molar-refractivity contribution >= 4 is 45.9 Å². The van der Waals surface area contributed by atoms with Gasteiger partial charge < -0.3 is 75.0 Å². The van der Waals surface area contributed by atoms with Crippen LogP contribution < -0.4 is 5.32 Å². The average Bonchev–Trinajstić information content (AvgIpc) is 0.824. The molecule has 0 aliphatic heterocycles. The Morgan fingerprint density at radius 1 is 0.341 bits per heavy atom. The number of aromatic hydroxyl groups is 9. The van der Waals surface area contributed by atoms with Crippen LogP contribution in [0.5, 0.6) is 51.7 Å². The molecule has 123 heavy (non-hydrogen) atoms. The molecule has 25 heteroatoms. The third-order valence-corrected chi connectivity index (χ3v) is 19.1. The molecule has 0 saturated heterocycles. The topological polar surface area (TPSA) is 386 Å². The predicted octanol–water partition coefficient (Wildman–Crippen LogP) is 22.2. The highest BCUT2D eigenvalue weighted by Gasteiger charge is 2.27. The first kappa shape index (κ1) is 110. The number of hydrogen-bond donors (Lipinski definition) is 10. The zero-order chi connectivity index (χ0) is 92.2. The number of amides is 1. The average molecular weight is 1730 g/mol. The van der Waals surface area contributed by atoms with Crippen LogP contribution in [-0.2, 0) is 49.8 Å². The fraction of sp³-hybridized carbons (Fsp3) is 0.449. The molecule has 678 valence electrons. The van der Waals surface area contributed by atoms with E-state index in [1.54, 1.807) is 73.7 Å². The van der Waals surface area contributed by atoms with E-state index >= 15 is 0 Å². The van der Waals surface area contributed by atoms with Crippen LogP contribution >= 0.6 is 0 Å². The first-order chi connectivity index (χ1) is 58.5. The van der Waals surface area contributed by atoms with Crippen molar-refractivity contribution in [3.63, 3.8) is 0 Å². The van der Waals surface area contributed by atoms with Crippen LogP contribution in [0, 0.1) is 12.3 Å². The van der Waals surface area contributed by atoms with Gasteiger partial charge in [0.05, 0.1) is 61.2 Å². The summed E-state index contributed by atoms with van der Waals surface area (Å²) in [6.45, 7) is 32.0. The highest BCUT2D eigenvalue weighted by molar-refractivity contribution is 7.86. The number of carbonyl (C=O) groups excluding carboxylic acids is 6. The van der Waals surface area contributed by atoms with Gasteiger partial charge in [0.2, 0.25) is 0 Å².